The maximum Gasteiger partial charge on any atom is 0.330 e. The molecule has 5 rings (SSSR count). The minimum absolute atomic E-state index is 0.0901. The summed E-state index contributed by atoms with van der Waals surface area (Å²) in [5.74, 6) is -1.45. The highest BCUT2D eigenvalue weighted by atomic mass is 32.2. The number of methoxy groups -OCH3 is 1. The minimum atomic E-state index is -4.36. The number of amides is 3. The lowest BCUT2D eigenvalue weighted by molar-refractivity contribution is -0.120. The molecule has 40 heavy (non-hydrogen) atoms. The van der Waals surface area contributed by atoms with Crippen LogP contribution in [0.15, 0.2) is 60.8 Å². The van der Waals surface area contributed by atoms with E-state index in [2.05, 4.69) is 10.3 Å². The van der Waals surface area contributed by atoms with Gasteiger partial charge in [0.25, 0.3) is 0 Å². The van der Waals surface area contributed by atoms with Gasteiger partial charge in [-0.15, -0.1) is 0 Å². The molecule has 10 nitrogen and oxygen atoms in total. The molecule has 1 atom stereocenters. The fourth-order valence-corrected chi connectivity index (χ4v) is 5.82. The van der Waals surface area contributed by atoms with Crippen molar-refractivity contribution >= 4 is 33.7 Å². The second-order valence-electron chi connectivity index (χ2n) is 9.56. The number of pyridine rings is 1. The summed E-state index contributed by atoms with van der Waals surface area (Å²) in [5, 5.41) is 2.43. The zero-order chi connectivity index (χ0) is 28.4. The number of fused-ring (bicyclic) bond motifs is 1. The summed E-state index contributed by atoms with van der Waals surface area (Å²) >= 11 is 0. The highest BCUT2D eigenvalue weighted by Gasteiger charge is 2.39. The summed E-state index contributed by atoms with van der Waals surface area (Å²) in [6.07, 6.45) is 3.04. The van der Waals surface area contributed by atoms with Gasteiger partial charge in [-0.05, 0) is 72.9 Å². The van der Waals surface area contributed by atoms with E-state index in [9.17, 15) is 26.8 Å². The number of anilines is 2. The van der Waals surface area contributed by atoms with Crippen LogP contribution in [0.25, 0.3) is 0 Å². The van der Waals surface area contributed by atoms with E-state index in [1.165, 1.54) is 18.2 Å². The standard InChI is InChI=1S/C27H27F2N5O5S/c1-39-23-8-6-22(7-9-23)34(21-4-5-21)26(35)24(15-17-13-19(28)16-20(29)14-17)31-27(36)32-40(37,38)33-12-10-18-3-2-11-30-25(18)33/h2-3,6-9,11,13-14,16,21,24H,4-5,10,12,15H2,1H3,(H2,31,32,36). The first-order chi connectivity index (χ1) is 19.1. The van der Waals surface area contributed by atoms with Crippen molar-refractivity contribution in [3.63, 3.8) is 0 Å². The minimum Gasteiger partial charge on any atom is -0.497 e. The highest BCUT2D eigenvalue weighted by Crippen LogP contribution is 2.33. The van der Waals surface area contributed by atoms with Crippen molar-refractivity contribution in [2.45, 2.75) is 37.8 Å². The zero-order valence-electron chi connectivity index (χ0n) is 21.5. The van der Waals surface area contributed by atoms with E-state index in [-0.39, 0.29) is 30.4 Å². The second-order valence-corrected chi connectivity index (χ2v) is 11.2. The molecular weight excluding hydrogens is 544 g/mol. The molecule has 0 bridgehead atoms. The Morgan fingerprint density at radius 1 is 1.12 bits per heavy atom. The Balaban J connectivity index is 1.40. The lowest BCUT2D eigenvalue weighted by Crippen LogP contribution is -2.55. The number of carbonyl (C=O) groups excluding carboxylic acids is 2. The lowest BCUT2D eigenvalue weighted by Gasteiger charge is -2.29. The van der Waals surface area contributed by atoms with E-state index in [0.29, 0.717) is 29.5 Å². The van der Waals surface area contributed by atoms with Crippen LogP contribution in [-0.2, 0) is 27.8 Å². The van der Waals surface area contributed by atoms with Crippen LogP contribution < -0.4 is 24.0 Å². The normalized spacial score (nSPS) is 15.2. The maximum absolute atomic E-state index is 14.0. The molecule has 0 radical (unpaired) electrons. The van der Waals surface area contributed by atoms with Crippen LogP contribution in [0.2, 0.25) is 0 Å². The molecule has 1 saturated carbocycles. The summed E-state index contributed by atoms with van der Waals surface area (Å²) in [5.41, 5.74) is 1.37. The van der Waals surface area contributed by atoms with E-state index < -0.39 is 39.8 Å². The number of ether oxygens (including phenoxy) is 1. The summed E-state index contributed by atoms with van der Waals surface area (Å²) in [7, 11) is -2.85. The van der Waals surface area contributed by atoms with Crippen LogP contribution in [0.5, 0.6) is 5.75 Å². The number of rotatable bonds is 9. The number of halogens is 2. The smallest absolute Gasteiger partial charge is 0.330 e. The Labute approximate surface area is 230 Å². The summed E-state index contributed by atoms with van der Waals surface area (Å²) in [6, 6.07) is 10.3. The number of urea groups is 1. The molecule has 1 aromatic heterocycles. The molecule has 3 aromatic rings. The molecule has 2 aromatic carbocycles. The molecule has 0 spiro atoms. The number of aromatic nitrogens is 1. The summed E-state index contributed by atoms with van der Waals surface area (Å²) < 4.78 is 62.1. The third-order valence-corrected chi connectivity index (χ3v) is 8.04. The number of benzene rings is 2. The monoisotopic (exact) mass is 571 g/mol. The fraction of sp³-hybridized carbons (Fsp3) is 0.296. The van der Waals surface area contributed by atoms with Crippen LogP contribution in [0, 0.1) is 11.6 Å². The van der Waals surface area contributed by atoms with Gasteiger partial charge < -0.3 is 15.0 Å². The Morgan fingerprint density at radius 2 is 1.82 bits per heavy atom. The lowest BCUT2D eigenvalue weighted by atomic mass is 10.0. The molecule has 1 aliphatic heterocycles. The first-order valence-electron chi connectivity index (χ1n) is 12.6. The van der Waals surface area contributed by atoms with Crippen LogP contribution in [0.3, 0.4) is 0 Å². The summed E-state index contributed by atoms with van der Waals surface area (Å²) in [4.78, 5) is 32.5. The molecule has 2 N–H and O–H groups in total. The van der Waals surface area contributed by atoms with Crippen molar-refractivity contribution in [1.29, 1.82) is 0 Å². The van der Waals surface area contributed by atoms with Crippen molar-refractivity contribution in [1.82, 2.24) is 15.0 Å². The van der Waals surface area contributed by atoms with Crippen LogP contribution in [0.4, 0.5) is 25.1 Å². The average Bonchev–Trinajstić information content (AvgIpc) is 3.64. The first-order valence-corrected chi connectivity index (χ1v) is 14.1. The topological polar surface area (TPSA) is 121 Å². The van der Waals surface area contributed by atoms with Gasteiger partial charge in [0.1, 0.15) is 29.2 Å². The van der Waals surface area contributed by atoms with Crippen molar-refractivity contribution in [3.05, 3.63) is 83.6 Å². The maximum atomic E-state index is 14.0. The number of carbonyl (C=O) groups is 2. The van der Waals surface area contributed by atoms with Gasteiger partial charge in [-0.1, -0.05) is 6.07 Å². The van der Waals surface area contributed by atoms with Gasteiger partial charge in [0, 0.05) is 37.0 Å². The van der Waals surface area contributed by atoms with Gasteiger partial charge in [-0.3, -0.25) is 4.79 Å². The Morgan fingerprint density at radius 3 is 2.48 bits per heavy atom. The molecule has 3 amide bonds. The zero-order valence-corrected chi connectivity index (χ0v) is 22.3. The molecule has 2 aliphatic rings. The molecule has 1 aliphatic carbocycles. The third kappa shape index (κ3) is 5.98. The van der Waals surface area contributed by atoms with Crippen LogP contribution in [0.1, 0.15) is 24.0 Å². The quantitative estimate of drug-likeness (QED) is 0.407. The third-order valence-electron chi connectivity index (χ3n) is 6.67. The molecule has 210 valence electrons. The number of nitrogens with one attached hydrogen (secondary N) is 2. The SMILES string of the molecule is COc1ccc(N(C(=O)C(Cc2cc(F)cc(F)c2)NC(=O)NS(=O)(=O)N2CCc3cccnc32)C2CC2)cc1. The van der Waals surface area contributed by atoms with Crippen LogP contribution >= 0.6 is 0 Å². The van der Waals surface area contributed by atoms with E-state index in [0.717, 1.165) is 29.3 Å². The van der Waals surface area contributed by atoms with Gasteiger partial charge in [0.2, 0.25) is 5.91 Å². The van der Waals surface area contributed by atoms with Crippen molar-refractivity contribution in [2.24, 2.45) is 0 Å². The van der Waals surface area contributed by atoms with E-state index in [4.69, 9.17) is 4.74 Å². The van der Waals surface area contributed by atoms with Crippen molar-refractivity contribution in [3.8, 4) is 5.75 Å². The summed E-state index contributed by atoms with van der Waals surface area (Å²) in [6.45, 7) is 0.0901. The van der Waals surface area contributed by atoms with Gasteiger partial charge in [-0.25, -0.2) is 27.6 Å². The van der Waals surface area contributed by atoms with Gasteiger partial charge in [0.05, 0.1) is 7.11 Å². The molecule has 0 saturated heterocycles. The molecule has 1 unspecified atom stereocenters. The van der Waals surface area contributed by atoms with E-state index in [1.54, 1.807) is 36.4 Å². The molecular formula is C27H27F2N5O5S. The highest BCUT2D eigenvalue weighted by molar-refractivity contribution is 7.91. The molecule has 13 heteroatoms. The largest absolute Gasteiger partial charge is 0.497 e. The van der Waals surface area contributed by atoms with Gasteiger partial charge >= 0.3 is 16.2 Å². The number of nitrogens with zero attached hydrogens (tertiary/aromatic N) is 3. The van der Waals surface area contributed by atoms with Crippen molar-refractivity contribution in [2.75, 3.05) is 22.9 Å². The average molecular weight is 572 g/mol. The molecule has 2 heterocycles. The second kappa shape index (κ2) is 11.1. The predicted octanol–water partition coefficient (Wildman–Crippen LogP) is 3.08. The van der Waals surface area contributed by atoms with E-state index in [1.807, 2.05) is 4.72 Å². The van der Waals surface area contributed by atoms with Crippen molar-refractivity contribution < 1.29 is 31.5 Å². The van der Waals surface area contributed by atoms with Gasteiger partial charge in [0.15, 0.2) is 0 Å². The van der Waals surface area contributed by atoms with Gasteiger partial charge in [-0.2, -0.15) is 8.42 Å². The Kier molecular flexibility index (Phi) is 7.57. The molecule has 1 fully saturated rings. The van der Waals surface area contributed by atoms with Crippen LogP contribution in [-0.4, -0.2) is 51.1 Å². The fourth-order valence-electron chi connectivity index (χ4n) is 4.70. The Bertz CT molecular complexity index is 1510. The van der Waals surface area contributed by atoms with E-state index >= 15 is 0 Å². The number of hydrogen-bond donors (Lipinski definition) is 2. The number of hydrogen-bond acceptors (Lipinski definition) is 6. The predicted molar refractivity (Wildman–Crippen MR) is 143 cm³/mol. The first kappa shape index (κ1) is 27.3. The Hall–Kier alpha value is -4.26.